The van der Waals surface area contributed by atoms with Crippen LogP contribution in [-0.4, -0.2) is 153 Å². The summed E-state index contributed by atoms with van der Waals surface area (Å²) >= 11 is 0. The Labute approximate surface area is 466 Å². The fourth-order valence-corrected chi connectivity index (χ4v) is 11.6. The summed E-state index contributed by atoms with van der Waals surface area (Å²) in [6, 6.07) is 5.50. The average molecular weight is 1130 g/mol. The van der Waals surface area contributed by atoms with Crippen LogP contribution in [0.2, 0.25) is 0 Å². The number of alkyl carbamates (subject to hydrolysis) is 1. The third-order valence-corrected chi connectivity index (χ3v) is 15.6. The van der Waals surface area contributed by atoms with Crippen molar-refractivity contribution in [3.63, 3.8) is 0 Å². The minimum Gasteiger partial charge on any atom is -0.506 e. The lowest BCUT2D eigenvalue weighted by Gasteiger charge is -2.49. The molecule has 3 aromatic rings. The quantitative estimate of drug-likeness (QED) is 0.0262. The number of urea groups is 1. The Morgan fingerprint density at radius 1 is 0.901 bits per heavy atom. The number of rotatable bonds is 26. The third-order valence-electron chi connectivity index (χ3n) is 15.6. The van der Waals surface area contributed by atoms with Gasteiger partial charge in [-0.05, 0) is 80.7 Å². The normalized spacial score (nSPS) is 23.5. The van der Waals surface area contributed by atoms with Gasteiger partial charge in [0.1, 0.15) is 42.0 Å². The van der Waals surface area contributed by atoms with Crippen molar-refractivity contribution in [3.05, 3.63) is 70.3 Å². The molecule has 6 aliphatic rings. The molecule has 3 aromatic carbocycles. The number of ether oxygens (including phenoxy) is 9. The number of amides is 8. The first-order valence-electron chi connectivity index (χ1n) is 27.1. The molecule has 25 heteroatoms. The Morgan fingerprint density at radius 3 is 2.30 bits per heavy atom. The van der Waals surface area contributed by atoms with Crippen LogP contribution in [0.1, 0.15) is 104 Å². The van der Waals surface area contributed by atoms with Gasteiger partial charge in [0, 0.05) is 81.0 Å². The molecule has 1 aliphatic carbocycles. The Bertz CT molecular complexity index is 3000. The van der Waals surface area contributed by atoms with E-state index in [4.69, 9.17) is 48.4 Å². The smallest absolute Gasteiger partial charge is 0.407 e. The van der Waals surface area contributed by atoms with Gasteiger partial charge in [0.15, 0.2) is 11.9 Å². The highest BCUT2D eigenvalue weighted by Crippen LogP contribution is 2.72. The van der Waals surface area contributed by atoms with Crippen LogP contribution in [0, 0.1) is 12.8 Å². The number of fused-ring (bicyclic) bond motifs is 8. The maximum absolute atomic E-state index is 13.7. The molecule has 0 saturated carbocycles. The monoisotopic (exact) mass is 1130 g/mol. The number of hydrogen-bond donors (Lipinski definition) is 7. The number of nitrogens with zero attached hydrogens (tertiary/aromatic N) is 1. The second kappa shape index (κ2) is 24.0. The molecule has 8 N–H and O–H groups in total. The van der Waals surface area contributed by atoms with Crippen molar-refractivity contribution in [1.29, 1.82) is 0 Å². The van der Waals surface area contributed by atoms with E-state index in [2.05, 4.69) is 26.6 Å². The summed E-state index contributed by atoms with van der Waals surface area (Å²) in [7, 11) is 4.39. The number of aromatic hydroxyl groups is 1. The molecule has 2 bridgehead atoms. The molecule has 5 aliphatic heterocycles. The zero-order chi connectivity index (χ0) is 58.0. The highest BCUT2D eigenvalue weighted by Gasteiger charge is 2.93. The number of epoxide rings is 1. The first kappa shape index (κ1) is 58.2. The van der Waals surface area contributed by atoms with E-state index in [1.165, 1.54) is 33.5 Å². The Kier molecular flexibility index (Phi) is 17.2. The number of hydrogen-bond acceptors (Lipinski definition) is 18. The minimum atomic E-state index is -1.76. The van der Waals surface area contributed by atoms with Crippen molar-refractivity contribution in [3.8, 4) is 17.2 Å². The van der Waals surface area contributed by atoms with Crippen molar-refractivity contribution in [2.75, 3.05) is 59.5 Å². The molecule has 5 heterocycles. The van der Waals surface area contributed by atoms with Crippen LogP contribution in [0.5, 0.6) is 17.2 Å². The SMILES string of the molecule is COc1c2c(c(O)c3c4c(c(C)cc13)C1OC3(C(OC)OC)OC1[C@@](OCCNC(=O)OCc1ccc(NC(=O)C(CCCNC(N)=O)NC(=O)[C@@H](NC(=O)CCCCCN5C(=O)C=CC5=O)C(C)C)cc1)(O4)[C@@]31CO1)C(=O)CCC2. The zero-order valence-corrected chi connectivity index (χ0v) is 46.0. The van der Waals surface area contributed by atoms with Gasteiger partial charge in [0.2, 0.25) is 29.6 Å². The first-order chi connectivity index (χ1) is 38.8. The number of aryl methyl sites for hydroxylation is 1. The number of unbranched alkanes of at least 4 members (excludes halogenated alkanes) is 2. The van der Waals surface area contributed by atoms with E-state index in [-0.39, 0.29) is 117 Å². The molecule has 25 nitrogen and oxygen atoms in total. The van der Waals surface area contributed by atoms with Gasteiger partial charge in [-0.2, -0.15) is 0 Å². The number of carbonyl (C=O) groups excluding carboxylic acids is 8. The van der Waals surface area contributed by atoms with Gasteiger partial charge in [-0.3, -0.25) is 33.7 Å². The first-order valence-corrected chi connectivity index (χ1v) is 27.1. The summed E-state index contributed by atoms with van der Waals surface area (Å²) < 4.78 is 56.3. The summed E-state index contributed by atoms with van der Waals surface area (Å²) in [6.45, 7) is 5.39. The van der Waals surface area contributed by atoms with E-state index in [1.807, 2.05) is 13.0 Å². The highest BCUT2D eigenvalue weighted by atomic mass is 16.9. The number of carbonyl (C=O) groups is 8. The lowest BCUT2D eigenvalue weighted by Crippen LogP contribution is -2.70. The van der Waals surface area contributed by atoms with Gasteiger partial charge in [-0.25, -0.2) is 9.59 Å². The standard InChI is InChI=1S/C56H69N7O18/c1-29(2)43(62-37(65)15-8-7-9-24-63-38(66)20-21-39(63)67)50(70)61-35(13-11-22-58-52(57)71)49(69)60-32-18-16-31(17-19-32)27-76-53(72)59-23-25-77-55-48-47(80-56(81-48,51(74-5)75-6)54(55)28-78-54)40-30(3)26-34-42(46(40)79-55)44(68)41-33(45(34)73-4)12-10-14-36(41)64/h16-21,26,29,35,43,47-48,51,68H,7-15,22-25,27-28H2,1-6H3,(H,59,72)(H,60,69)(H,61,70)(H,62,65)(H3,57,58,71)/t35?,43-,47?,48?,54-,55+,56?/m0/s1. The van der Waals surface area contributed by atoms with E-state index >= 15 is 0 Å². The largest absolute Gasteiger partial charge is 0.506 e. The topological polar surface area (TPSA) is 333 Å². The van der Waals surface area contributed by atoms with Crippen molar-refractivity contribution >= 4 is 63.9 Å². The molecule has 8 amide bonds. The van der Waals surface area contributed by atoms with E-state index < -0.39 is 71.7 Å². The second-order valence-corrected chi connectivity index (χ2v) is 21.1. The van der Waals surface area contributed by atoms with Crippen LogP contribution < -0.4 is 41.8 Å². The van der Waals surface area contributed by atoms with Crippen LogP contribution >= 0.6 is 0 Å². The molecule has 81 heavy (non-hydrogen) atoms. The highest BCUT2D eigenvalue weighted by molar-refractivity contribution is 6.13. The van der Waals surface area contributed by atoms with Crippen molar-refractivity contribution in [2.45, 2.75) is 133 Å². The number of phenolic OH excluding ortho intramolecular Hbond substituents is 1. The number of nitrogens with one attached hydrogen (secondary N) is 5. The van der Waals surface area contributed by atoms with E-state index in [9.17, 15) is 43.5 Å². The maximum atomic E-state index is 13.7. The molecule has 4 unspecified atom stereocenters. The lowest BCUT2D eigenvalue weighted by atomic mass is 9.78. The Hall–Kier alpha value is -7.42. The fraction of sp³-hybridized carbons (Fsp3) is 0.536. The number of methoxy groups -OCH3 is 3. The molecular formula is C56H69N7O18. The van der Waals surface area contributed by atoms with Crippen molar-refractivity contribution < 1.29 is 86.1 Å². The average Bonchev–Trinajstić information content (AvgIpc) is 1.55. The van der Waals surface area contributed by atoms with E-state index in [0.29, 0.717) is 65.6 Å². The van der Waals surface area contributed by atoms with Crippen LogP contribution in [-0.2, 0) is 70.2 Å². The number of anilines is 1. The number of phenols is 1. The maximum Gasteiger partial charge on any atom is 0.407 e. The molecule has 9 rings (SSSR count). The van der Waals surface area contributed by atoms with E-state index in [0.717, 1.165) is 10.5 Å². The molecule has 3 fully saturated rings. The molecule has 0 radical (unpaired) electrons. The number of benzene rings is 3. The number of ketones is 1. The number of primary amides is 1. The third kappa shape index (κ3) is 11.0. The van der Waals surface area contributed by atoms with Crippen molar-refractivity contribution in [2.24, 2.45) is 11.7 Å². The van der Waals surface area contributed by atoms with Gasteiger partial charge < -0.3 is 80.1 Å². The minimum absolute atomic E-state index is 0.0338. The van der Waals surface area contributed by atoms with Crippen LogP contribution in [0.3, 0.4) is 0 Å². The van der Waals surface area contributed by atoms with E-state index in [1.54, 1.807) is 38.1 Å². The van der Waals surface area contributed by atoms with Gasteiger partial charge >= 0.3 is 12.1 Å². The summed E-state index contributed by atoms with van der Waals surface area (Å²) in [5, 5.41) is 26.2. The molecule has 3 saturated heterocycles. The molecule has 436 valence electrons. The summed E-state index contributed by atoms with van der Waals surface area (Å²) in [6.07, 6.45) is 2.13. The van der Waals surface area contributed by atoms with Crippen LogP contribution in [0.15, 0.2) is 42.5 Å². The Balaban J connectivity index is 0.806. The lowest BCUT2D eigenvalue weighted by molar-refractivity contribution is -0.350. The predicted molar refractivity (Wildman–Crippen MR) is 285 cm³/mol. The summed E-state index contributed by atoms with van der Waals surface area (Å²) in [5.41, 5.74) is 6.79. The molecule has 1 spiro atoms. The van der Waals surface area contributed by atoms with Gasteiger partial charge in [-0.15, -0.1) is 0 Å². The molecule has 7 atom stereocenters. The number of nitrogens with two attached hydrogens (primary N) is 1. The van der Waals surface area contributed by atoms with Crippen LogP contribution in [0.25, 0.3) is 10.8 Å². The molecule has 0 aromatic heterocycles. The Morgan fingerprint density at radius 2 is 1.63 bits per heavy atom. The number of Topliss-reactive ketones (excluding diaryl/α,β-unsaturated/α-hetero) is 1. The van der Waals surface area contributed by atoms with Crippen LogP contribution in [0.4, 0.5) is 15.3 Å². The predicted octanol–water partition coefficient (Wildman–Crippen LogP) is 3.47. The zero-order valence-electron chi connectivity index (χ0n) is 46.0. The van der Waals surface area contributed by atoms with Crippen molar-refractivity contribution in [1.82, 2.24) is 26.2 Å². The van der Waals surface area contributed by atoms with Gasteiger partial charge in [-0.1, -0.05) is 32.4 Å². The number of imide groups is 1. The van der Waals surface area contributed by atoms with Gasteiger partial charge in [0.05, 0.1) is 31.3 Å². The second-order valence-electron chi connectivity index (χ2n) is 21.1. The summed E-state index contributed by atoms with van der Waals surface area (Å²) in [5.74, 6) is -5.87. The molecular weight excluding hydrogens is 1060 g/mol. The van der Waals surface area contributed by atoms with Gasteiger partial charge in [0.25, 0.3) is 23.4 Å². The fourth-order valence-electron chi connectivity index (χ4n) is 11.6. The summed E-state index contributed by atoms with van der Waals surface area (Å²) in [4.78, 5) is 103.